The number of nitrogens with zero attached hydrogens (tertiary/aromatic N) is 2. The summed E-state index contributed by atoms with van der Waals surface area (Å²) in [7, 11) is 0. The molecule has 1 aliphatic rings. The molecule has 1 aromatic carbocycles. The molecule has 0 aliphatic carbocycles. The van der Waals surface area contributed by atoms with E-state index < -0.39 is 0 Å². The van der Waals surface area contributed by atoms with Gasteiger partial charge in [-0.1, -0.05) is 19.9 Å². The van der Waals surface area contributed by atoms with Crippen molar-refractivity contribution >= 4 is 5.69 Å². The van der Waals surface area contributed by atoms with E-state index in [1.54, 1.807) is 0 Å². The molecule has 18 heavy (non-hydrogen) atoms. The van der Waals surface area contributed by atoms with Crippen molar-refractivity contribution in [3.63, 3.8) is 0 Å². The van der Waals surface area contributed by atoms with Crippen LogP contribution in [0.2, 0.25) is 0 Å². The first-order valence-corrected chi connectivity index (χ1v) is 6.65. The third-order valence-electron chi connectivity index (χ3n) is 4.10. The van der Waals surface area contributed by atoms with Crippen molar-refractivity contribution in [1.29, 1.82) is 5.26 Å². The van der Waals surface area contributed by atoms with E-state index in [0.29, 0.717) is 0 Å². The quantitative estimate of drug-likeness (QED) is 0.751. The standard InChI is InChI=1S/C16H22N2/c1-12-7-13(2)9-15(8-12)18-6-5-16(3,4)14(10-17)11-18/h7-9,14H,5-6,11H2,1-4H3. The van der Waals surface area contributed by atoms with Gasteiger partial charge >= 0.3 is 0 Å². The van der Waals surface area contributed by atoms with Crippen LogP contribution in [0.15, 0.2) is 18.2 Å². The number of benzene rings is 1. The lowest BCUT2D eigenvalue weighted by Gasteiger charge is -2.42. The zero-order chi connectivity index (χ0) is 13.3. The van der Waals surface area contributed by atoms with Crippen molar-refractivity contribution in [2.45, 2.75) is 34.1 Å². The third kappa shape index (κ3) is 2.51. The SMILES string of the molecule is Cc1cc(C)cc(N2CCC(C)(C)C(C#N)C2)c1. The van der Waals surface area contributed by atoms with Gasteiger partial charge < -0.3 is 4.90 Å². The molecule has 2 nitrogen and oxygen atoms in total. The van der Waals surface area contributed by atoms with Crippen LogP contribution in [0.1, 0.15) is 31.4 Å². The van der Waals surface area contributed by atoms with E-state index in [0.717, 1.165) is 19.5 Å². The molecule has 0 saturated carbocycles. The zero-order valence-corrected chi connectivity index (χ0v) is 11.8. The van der Waals surface area contributed by atoms with Gasteiger partial charge in [-0.25, -0.2) is 0 Å². The van der Waals surface area contributed by atoms with Gasteiger partial charge in [-0.3, -0.25) is 0 Å². The molecule has 0 amide bonds. The molecule has 2 heteroatoms. The van der Waals surface area contributed by atoms with Gasteiger partial charge in [-0.05, 0) is 48.9 Å². The molecule has 1 saturated heterocycles. The Morgan fingerprint density at radius 2 is 1.83 bits per heavy atom. The van der Waals surface area contributed by atoms with Crippen LogP contribution in [0.25, 0.3) is 0 Å². The molecule has 96 valence electrons. The van der Waals surface area contributed by atoms with E-state index in [-0.39, 0.29) is 11.3 Å². The molecule has 1 heterocycles. The fraction of sp³-hybridized carbons (Fsp3) is 0.562. The first-order valence-electron chi connectivity index (χ1n) is 6.65. The summed E-state index contributed by atoms with van der Waals surface area (Å²) in [6, 6.07) is 9.12. The smallest absolute Gasteiger partial charge is 0.0690 e. The molecule has 0 bridgehead atoms. The number of hydrogen-bond acceptors (Lipinski definition) is 2. The number of aryl methyl sites for hydroxylation is 2. The van der Waals surface area contributed by atoms with E-state index in [1.807, 2.05) is 0 Å². The first kappa shape index (κ1) is 13.0. The molecule has 1 fully saturated rings. The van der Waals surface area contributed by atoms with Gasteiger partial charge in [-0.15, -0.1) is 0 Å². The first-order chi connectivity index (χ1) is 8.42. The van der Waals surface area contributed by atoms with Gasteiger partial charge in [-0.2, -0.15) is 5.26 Å². The summed E-state index contributed by atoms with van der Waals surface area (Å²) in [5.74, 6) is 0.118. The maximum absolute atomic E-state index is 9.32. The fourth-order valence-electron chi connectivity index (χ4n) is 2.74. The molecule has 1 aliphatic heterocycles. The van der Waals surface area contributed by atoms with Gasteiger partial charge in [0, 0.05) is 18.8 Å². The minimum atomic E-state index is 0.118. The van der Waals surface area contributed by atoms with Gasteiger partial charge in [0.2, 0.25) is 0 Å². The van der Waals surface area contributed by atoms with E-state index >= 15 is 0 Å². The van der Waals surface area contributed by atoms with Crippen LogP contribution in [-0.2, 0) is 0 Å². The molecule has 1 aromatic rings. The van der Waals surface area contributed by atoms with Crippen molar-refractivity contribution in [1.82, 2.24) is 0 Å². The maximum atomic E-state index is 9.32. The number of rotatable bonds is 1. The predicted octanol–water partition coefficient (Wildman–Crippen LogP) is 3.68. The highest BCUT2D eigenvalue weighted by molar-refractivity contribution is 5.51. The molecule has 0 N–H and O–H groups in total. The van der Waals surface area contributed by atoms with Gasteiger partial charge in [0.15, 0.2) is 0 Å². The highest BCUT2D eigenvalue weighted by Crippen LogP contribution is 2.37. The van der Waals surface area contributed by atoms with Crippen molar-refractivity contribution in [3.05, 3.63) is 29.3 Å². The van der Waals surface area contributed by atoms with Crippen LogP contribution in [0.3, 0.4) is 0 Å². The largest absolute Gasteiger partial charge is 0.370 e. The predicted molar refractivity (Wildman–Crippen MR) is 75.6 cm³/mol. The Labute approximate surface area is 110 Å². The van der Waals surface area contributed by atoms with Crippen LogP contribution in [-0.4, -0.2) is 13.1 Å². The van der Waals surface area contributed by atoms with Crippen molar-refractivity contribution < 1.29 is 0 Å². The Morgan fingerprint density at radius 1 is 1.22 bits per heavy atom. The number of anilines is 1. The molecule has 2 rings (SSSR count). The average molecular weight is 242 g/mol. The lowest BCUT2D eigenvalue weighted by atomic mass is 9.74. The Hall–Kier alpha value is -1.49. The Morgan fingerprint density at radius 3 is 2.39 bits per heavy atom. The Kier molecular flexibility index (Phi) is 3.34. The average Bonchev–Trinajstić information content (AvgIpc) is 2.27. The zero-order valence-electron chi connectivity index (χ0n) is 11.8. The highest BCUT2D eigenvalue weighted by Gasteiger charge is 2.35. The maximum Gasteiger partial charge on any atom is 0.0690 e. The lowest BCUT2D eigenvalue weighted by molar-refractivity contribution is 0.217. The minimum Gasteiger partial charge on any atom is -0.370 e. The topological polar surface area (TPSA) is 27.0 Å². The second kappa shape index (κ2) is 4.65. The second-order valence-electron chi connectivity index (χ2n) is 6.21. The molecule has 1 unspecified atom stereocenters. The van der Waals surface area contributed by atoms with Crippen LogP contribution >= 0.6 is 0 Å². The molecular formula is C16H22N2. The Bertz CT molecular complexity index is 462. The number of nitriles is 1. The van der Waals surface area contributed by atoms with Crippen LogP contribution < -0.4 is 4.90 Å². The molecular weight excluding hydrogens is 220 g/mol. The summed E-state index contributed by atoms with van der Waals surface area (Å²) >= 11 is 0. The minimum absolute atomic E-state index is 0.118. The fourth-order valence-corrected chi connectivity index (χ4v) is 2.74. The monoisotopic (exact) mass is 242 g/mol. The van der Waals surface area contributed by atoms with Gasteiger partial charge in [0.05, 0.1) is 12.0 Å². The van der Waals surface area contributed by atoms with Crippen LogP contribution in [0, 0.1) is 36.5 Å². The summed E-state index contributed by atoms with van der Waals surface area (Å²) in [5.41, 5.74) is 4.00. The lowest BCUT2D eigenvalue weighted by Crippen LogP contribution is -2.44. The van der Waals surface area contributed by atoms with Crippen molar-refractivity contribution in [3.8, 4) is 6.07 Å². The molecule has 0 aromatic heterocycles. The van der Waals surface area contributed by atoms with E-state index in [2.05, 4.69) is 56.9 Å². The molecule has 1 atom stereocenters. The van der Waals surface area contributed by atoms with E-state index in [4.69, 9.17) is 0 Å². The summed E-state index contributed by atoms with van der Waals surface area (Å²) in [5, 5.41) is 9.32. The van der Waals surface area contributed by atoms with Gasteiger partial charge in [0.1, 0.15) is 0 Å². The normalized spacial score (nSPS) is 22.6. The Balaban J connectivity index is 2.23. The van der Waals surface area contributed by atoms with E-state index in [1.165, 1.54) is 16.8 Å². The van der Waals surface area contributed by atoms with Crippen LogP contribution in [0.4, 0.5) is 5.69 Å². The molecule has 0 spiro atoms. The van der Waals surface area contributed by atoms with Crippen molar-refractivity contribution in [2.75, 3.05) is 18.0 Å². The molecule has 0 radical (unpaired) electrons. The van der Waals surface area contributed by atoms with E-state index in [9.17, 15) is 5.26 Å². The number of piperidine rings is 1. The third-order valence-corrected chi connectivity index (χ3v) is 4.10. The number of hydrogen-bond donors (Lipinski definition) is 0. The summed E-state index contributed by atoms with van der Waals surface area (Å²) in [4.78, 5) is 2.36. The van der Waals surface area contributed by atoms with Gasteiger partial charge in [0.25, 0.3) is 0 Å². The van der Waals surface area contributed by atoms with Crippen molar-refractivity contribution in [2.24, 2.45) is 11.3 Å². The van der Waals surface area contributed by atoms with Crippen LogP contribution in [0.5, 0.6) is 0 Å². The summed E-state index contributed by atoms with van der Waals surface area (Å²) < 4.78 is 0. The summed E-state index contributed by atoms with van der Waals surface area (Å²) in [6.45, 7) is 10.6. The highest BCUT2D eigenvalue weighted by atomic mass is 15.1. The second-order valence-corrected chi connectivity index (χ2v) is 6.21. The summed E-state index contributed by atoms with van der Waals surface area (Å²) in [6.07, 6.45) is 1.08.